The Kier molecular flexibility index (Phi) is 4.35. The Morgan fingerprint density at radius 2 is 2.14 bits per heavy atom. The van der Waals surface area contributed by atoms with Crippen LogP contribution in [0.25, 0.3) is 16.7 Å². The number of nitriles is 1. The predicted octanol–water partition coefficient (Wildman–Crippen LogP) is 1.80. The second-order valence-corrected chi connectivity index (χ2v) is 6.95. The summed E-state index contributed by atoms with van der Waals surface area (Å²) in [6.45, 7) is 1.05. The Bertz CT molecular complexity index is 1180. The third kappa shape index (κ3) is 2.73. The normalized spacial score (nSPS) is 17.1. The maximum absolute atomic E-state index is 14.7. The van der Waals surface area contributed by atoms with Crippen LogP contribution >= 0.6 is 0 Å². The summed E-state index contributed by atoms with van der Waals surface area (Å²) in [6, 6.07) is 5.12. The van der Waals surface area contributed by atoms with E-state index in [0.717, 1.165) is 25.0 Å². The molecule has 144 valence electrons. The van der Waals surface area contributed by atoms with Gasteiger partial charge in [0.25, 0.3) is 5.56 Å². The largest absolute Gasteiger partial charge is 0.355 e. The Morgan fingerprint density at radius 1 is 1.36 bits per heavy atom. The van der Waals surface area contributed by atoms with Gasteiger partial charge in [-0.05, 0) is 25.0 Å². The van der Waals surface area contributed by atoms with E-state index in [1.807, 2.05) is 4.90 Å². The molecule has 4 rings (SSSR count). The van der Waals surface area contributed by atoms with Gasteiger partial charge in [-0.25, -0.2) is 13.8 Å². The zero-order valence-electron chi connectivity index (χ0n) is 15.2. The number of nitrogens with zero attached hydrogens (tertiary/aromatic N) is 5. The first-order chi connectivity index (χ1) is 13.4. The van der Waals surface area contributed by atoms with Crippen molar-refractivity contribution >= 4 is 16.9 Å². The van der Waals surface area contributed by atoms with Crippen molar-refractivity contribution in [2.75, 3.05) is 18.0 Å². The molecule has 28 heavy (non-hydrogen) atoms. The van der Waals surface area contributed by atoms with Crippen LogP contribution in [0.3, 0.4) is 0 Å². The number of aromatic nitrogens is 3. The first-order valence-electron chi connectivity index (χ1n) is 8.88. The maximum atomic E-state index is 14.7. The van der Waals surface area contributed by atoms with Crippen LogP contribution < -0.4 is 16.2 Å². The van der Waals surface area contributed by atoms with Crippen molar-refractivity contribution < 1.29 is 8.78 Å². The highest BCUT2D eigenvalue weighted by Gasteiger charge is 2.30. The quantitative estimate of drug-likeness (QED) is 0.727. The minimum Gasteiger partial charge on any atom is -0.355 e. The molecule has 9 heteroatoms. The van der Waals surface area contributed by atoms with Gasteiger partial charge < -0.3 is 15.2 Å². The van der Waals surface area contributed by atoms with E-state index >= 15 is 0 Å². The molecule has 3 aromatic rings. The summed E-state index contributed by atoms with van der Waals surface area (Å²) in [6.07, 6.45) is 2.96. The molecule has 1 aliphatic rings. The van der Waals surface area contributed by atoms with Crippen molar-refractivity contribution in [3.05, 3.63) is 52.1 Å². The Morgan fingerprint density at radius 3 is 2.82 bits per heavy atom. The maximum Gasteiger partial charge on any atom is 0.278 e. The van der Waals surface area contributed by atoms with E-state index in [1.165, 1.54) is 28.6 Å². The number of hydrogen-bond acceptors (Lipinski definition) is 5. The SMILES string of the molecule is Cn1cnc2c(C#N)c(N3CCC[C@H](N)C3)n(-c3ccc(F)cc3F)c2c1=O. The smallest absolute Gasteiger partial charge is 0.278 e. The van der Waals surface area contributed by atoms with Crippen LogP contribution in [0.5, 0.6) is 0 Å². The number of halogens is 2. The average Bonchev–Trinajstić information content (AvgIpc) is 2.99. The zero-order valence-corrected chi connectivity index (χ0v) is 15.2. The Hall–Kier alpha value is -3.25. The molecular formula is C19H18F2N6O. The van der Waals surface area contributed by atoms with Crippen LogP contribution in [0.2, 0.25) is 0 Å². The lowest BCUT2D eigenvalue weighted by molar-refractivity contribution is 0.501. The summed E-state index contributed by atoms with van der Waals surface area (Å²) in [5.41, 5.74) is 6.07. The topological polar surface area (TPSA) is 92.9 Å². The van der Waals surface area contributed by atoms with Gasteiger partial charge in [-0.1, -0.05) is 0 Å². The highest BCUT2D eigenvalue weighted by atomic mass is 19.1. The minimum atomic E-state index is -0.838. The molecule has 2 N–H and O–H groups in total. The fourth-order valence-electron chi connectivity index (χ4n) is 3.74. The fourth-order valence-corrected chi connectivity index (χ4v) is 3.74. The molecule has 0 unspecified atom stereocenters. The highest BCUT2D eigenvalue weighted by Crippen LogP contribution is 2.35. The number of piperidine rings is 1. The van der Waals surface area contributed by atoms with Crippen molar-refractivity contribution in [1.29, 1.82) is 5.26 Å². The molecule has 1 atom stereocenters. The van der Waals surface area contributed by atoms with Gasteiger partial charge >= 0.3 is 0 Å². The van der Waals surface area contributed by atoms with E-state index < -0.39 is 17.2 Å². The third-order valence-electron chi connectivity index (χ3n) is 5.02. The summed E-state index contributed by atoms with van der Waals surface area (Å²) in [5.74, 6) is -1.21. The van der Waals surface area contributed by atoms with Gasteiger partial charge in [0.15, 0.2) is 0 Å². The molecule has 1 aromatic carbocycles. The van der Waals surface area contributed by atoms with Crippen molar-refractivity contribution in [2.24, 2.45) is 12.8 Å². The number of hydrogen-bond donors (Lipinski definition) is 1. The molecule has 0 radical (unpaired) electrons. The molecular weight excluding hydrogens is 366 g/mol. The number of anilines is 1. The van der Waals surface area contributed by atoms with E-state index in [1.54, 1.807) is 0 Å². The number of benzene rings is 1. The molecule has 1 aliphatic heterocycles. The first-order valence-corrected chi connectivity index (χ1v) is 8.88. The van der Waals surface area contributed by atoms with E-state index in [4.69, 9.17) is 5.73 Å². The molecule has 0 saturated carbocycles. The highest BCUT2D eigenvalue weighted by molar-refractivity contribution is 5.91. The van der Waals surface area contributed by atoms with Crippen LogP contribution in [0.1, 0.15) is 18.4 Å². The average molecular weight is 384 g/mol. The number of fused-ring (bicyclic) bond motifs is 1. The summed E-state index contributed by atoms with van der Waals surface area (Å²) in [7, 11) is 1.52. The van der Waals surface area contributed by atoms with Crippen molar-refractivity contribution in [3.8, 4) is 11.8 Å². The van der Waals surface area contributed by atoms with Crippen LogP contribution in [-0.4, -0.2) is 33.2 Å². The van der Waals surface area contributed by atoms with E-state index in [0.29, 0.717) is 18.9 Å². The second kappa shape index (κ2) is 6.73. The van der Waals surface area contributed by atoms with Gasteiger partial charge in [-0.15, -0.1) is 0 Å². The van der Waals surface area contributed by atoms with Crippen molar-refractivity contribution in [3.63, 3.8) is 0 Å². The zero-order chi connectivity index (χ0) is 20.0. The van der Waals surface area contributed by atoms with Gasteiger partial charge in [0.2, 0.25) is 0 Å². The summed E-state index contributed by atoms with van der Waals surface area (Å²) in [5, 5.41) is 9.82. The Labute approximate surface area is 159 Å². The summed E-state index contributed by atoms with van der Waals surface area (Å²) < 4.78 is 30.8. The molecule has 0 amide bonds. The summed E-state index contributed by atoms with van der Waals surface area (Å²) in [4.78, 5) is 19.0. The van der Waals surface area contributed by atoms with E-state index in [-0.39, 0.29) is 28.3 Å². The number of rotatable bonds is 2. The van der Waals surface area contributed by atoms with Gasteiger partial charge in [0, 0.05) is 32.2 Å². The molecule has 0 spiro atoms. The molecule has 0 aliphatic carbocycles. The standard InChI is InChI=1S/C19H18F2N6O/c1-25-10-24-16-13(8-22)18(26-6-2-3-12(23)9-26)27(17(16)19(25)28)15-5-4-11(20)7-14(15)21/h4-5,7,10,12H,2-3,6,9,23H2,1H3/t12-/m0/s1. The van der Waals surface area contributed by atoms with Crippen LogP contribution in [-0.2, 0) is 7.05 Å². The van der Waals surface area contributed by atoms with Gasteiger partial charge in [0.05, 0.1) is 12.0 Å². The van der Waals surface area contributed by atoms with Crippen LogP contribution in [0.15, 0.2) is 29.3 Å². The predicted molar refractivity (Wildman–Crippen MR) is 100 cm³/mol. The fraction of sp³-hybridized carbons (Fsp3) is 0.316. The molecule has 7 nitrogen and oxygen atoms in total. The Balaban J connectivity index is 2.13. The monoisotopic (exact) mass is 384 g/mol. The molecule has 2 aromatic heterocycles. The van der Waals surface area contributed by atoms with Crippen LogP contribution in [0.4, 0.5) is 14.6 Å². The van der Waals surface area contributed by atoms with Crippen molar-refractivity contribution in [1.82, 2.24) is 14.1 Å². The molecule has 1 fully saturated rings. The van der Waals surface area contributed by atoms with Gasteiger partial charge in [-0.2, -0.15) is 5.26 Å². The lowest BCUT2D eigenvalue weighted by Gasteiger charge is -2.33. The molecule has 0 bridgehead atoms. The molecule has 3 heterocycles. The molecule has 1 saturated heterocycles. The second-order valence-electron chi connectivity index (χ2n) is 6.95. The minimum absolute atomic E-state index is 0.0212. The lowest BCUT2D eigenvalue weighted by atomic mass is 10.1. The lowest BCUT2D eigenvalue weighted by Crippen LogP contribution is -2.44. The van der Waals surface area contributed by atoms with Gasteiger partial charge in [0.1, 0.15) is 40.1 Å². The van der Waals surface area contributed by atoms with E-state index in [2.05, 4.69) is 11.1 Å². The third-order valence-corrected chi connectivity index (χ3v) is 5.02. The van der Waals surface area contributed by atoms with Crippen molar-refractivity contribution in [2.45, 2.75) is 18.9 Å². The number of aryl methyl sites for hydroxylation is 1. The van der Waals surface area contributed by atoms with Crippen LogP contribution in [0, 0.1) is 23.0 Å². The van der Waals surface area contributed by atoms with Gasteiger partial charge in [-0.3, -0.25) is 9.36 Å². The number of nitrogens with two attached hydrogens (primary N) is 1. The van der Waals surface area contributed by atoms with E-state index in [9.17, 15) is 18.8 Å². The summed E-state index contributed by atoms with van der Waals surface area (Å²) >= 11 is 0. The first kappa shape index (κ1) is 18.1.